The first kappa shape index (κ1) is 19.2. The van der Waals surface area contributed by atoms with Crippen LogP contribution in [0.5, 0.6) is 0 Å². The standard InChI is InChI=1S/C19H24N2O.ClH/c1-14(15(2)20)19(22)21-18(17-11-7-4-8-12-17)13-16-9-5-3-6-10-16;/h3-12,14-15,18H,13,20H2,1-2H3,(H,21,22);1H. The molecule has 0 radical (unpaired) electrons. The molecule has 0 spiro atoms. The van der Waals surface area contributed by atoms with Crippen LogP contribution >= 0.6 is 12.4 Å². The van der Waals surface area contributed by atoms with Crippen molar-refractivity contribution in [1.82, 2.24) is 5.32 Å². The van der Waals surface area contributed by atoms with Crippen molar-refractivity contribution in [2.45, 2.75) is 32.4 Å². The minimum absolute atomic E-state index is 0. The second kappa shape index (κ2) is 9.33. The number of rotatable bonds is 6. The highest BCUT2D eigenvalue weighted by Gasteiger charge is 2.21. The van der Waals surface area contributed by atoms with Gasteiger partial charge < -0.3 is 11.1 Å². The summed E-state index contributed by atoms with van der Waals surface area (Å²) in [5.41, 5.74) is 8.15. The fourth-order valence-corrected chi connectivity index (χ4v) is 2.33. The van der Waals surface area contributed by atoms with E-state index in [1.807, 2.05) is 62.4 Å². The Morgan fingerprint density at radius 3 is 2.04 bits per heavy atom. The SMILES string of the molecule is CC(N)C(C)C(=O)NC(Cc1ccccc1)c1ccccc1.Cl. The molecular formula is C19H25ClN2O. The van der Waals surface area contributed by atoms with Crippen LogP contribution in [0.3, 0.4) is 0 Å². The lowest BCUT2D eigenvalue weighted by molar-refractivity contribution is -0.125. The number of hydrogen-bond donors (Lipinski definition) is 2. The van der Waals surface area contributed by atoms with Crippen LogP contribution in [0.25, 0.3) is 0 Å². The molecule has 3 atom stereocenters. The highest BCUT2D eigenvalue weighted by Crippen LogP contribution is 2.19. The van der Waals surface area contributed by atoms with Crippen molar-refractivity contribution in [3.8, 4) is 0 Å². The second-order valence-electron chi connectivity index (χ2n) is 5.81. The van der Waals surface area contributed by atoms with E-state index < -0.39 is 0 Å². The molecule has 2 rings (SSSR count). The summed E-state index contributed by atoms with van der Waals surface area (Å²) in [5, 5.41) is 3.14. The predicted octanol–water partition coefficient (Wildman–Crippen LogP) is 3.49. The van der Waals surface area contributed by atoms with Crippen molar-refractivity contribution in [3.05, 3.63) is 71.8 Å². The summed E-state index contributed by atoms with van der Waals surface area (Å²) in [4.78, 5) is 12.4. The first-order valence-corrected chi connectivity index (χ1v) is 7.72. The first-order chi connectivity index (χ1) is 10.6. The molecule has 0 bridgehead atoms. The van der Waals surface area contributed by atoms with Gasteiger partial charge in [-0.05, 0) is 24.5 Å². The lowest BCUT2D eigenvalue weighted by Gasteiger charge is -2.23. The van der Waals surface area contributed by atoms with Crippen molar-refractivity contribution in [2.75, 3.05) is 0 Å². The Hall–Kier alpha value is -1.84. The fourth-order valence-electron chi connectivity index (χ4n) is 2.33. The normalized spacial score (nSPS) is 14.2. The molecule has 23 heavy (non-hydrogen) atoms. The number of nitrogens with two attached hydrogens (primary N) is 1. The summed E-state index contributed by atoms with van der Waals surface area (Å²) in [5.74, 6) is -0.207. The van der Waals surface area contributed by atoms with E-state index in [1.165, 1.54) is 5.56 Å². The van der Waals surface area contributed by atoms with Crippen LogP contribution in [0.2, 0.25) is 0 Å². The van der Waals surface area contributed by atoms with Gasteiger partial charge >= 0.3 is 0 Å². The van der Waals surface area contributed by atoms with E-state index in [9.17, 15) is 4.79 Å². The number of carbonyl (C=O) groups is 1. The van der Waals surface area contributed by atoms with E-state index in [0.29, 0.717) is 0 Å². The van der Waals surface area contributed by atoms with Crippen LogP contribution in [0.4, 0.5) is 0 Å². The quantitative estimate of drug-likeness (QED) is 0.850. The van der Waals surface area contributed by atoms with Crippen molar-refractivity contribution in [2.24, 2.45) is 11.7 Å². The number of hydrogen-bond acceptors (Lipinski definition) is 2. The molecule has 3 N–H and O–H groups in total. The van der Waals surface area contributed by atoms with Gasteiger partial charge in [0.05, 0.1) is 6.04 Å². The van der Waals surface area contributed by atoms with Gasteiger partial charge in [-0.25, -0.2) is 0 Å². The minimum Gasteiger partial charge on any atom is -0.349 e. The fraction of sp³-hybridized carbons (Fsp3) is 0.316. The largest absolute Gasteiger partial charge is 0.349 e. The molecule has 1 amide bonds. The number of halogens is 1. The van der Waals surface area contributed by atoms with E-state index in [4.69, 9.17) is 5.73 Å². The van der Waals surface area contributed by atoms with E-state index >= 15 is 0 Å². The highest BCUT2D eigenvalue weighted by molar-refractivity contribution is 5.85. The van der Waals surface area contributed by atoms with Crippen LogP contribution < -0.4 is 11.1 Å². The van der Waals surface area contributed by atoms with Gasteiger partial charge in [-0.2, -0.15) is 0 Å². The van der Waals surface area contributed by atoms with Crippen molar-refractivity contribution in [3.63, 3.8) is 0 Å². The zero-order valence-corrected chi connectivity index (χ0v) is 14.4. The van der Waals surface area contributed by atoms with Gasteiger partial charge in [-0.1, -0.05) is 67.6 Å². The average Bonchev–Trinajstić information content (AvgIpc) is 2.55. The lowest BCUT2D eigenvalue weighted by Crippen LogP contribution is -2.40. The van der Waals surface area contributed by atoms with Gasteiger partial charge in [0.2, 0.25) is 5.91 Å². The van der Waals surface area contributed by atoms with E-state index in [2.05, 4.69) is 17.4 Å². The summed E-state index contributed by atoms with van der Waals surface area (Å²) in [6, 6.07) is 20.1. The maximum absolute atomic E-state index is 12.4. The molecule has 0 heterocycles. The molecule has 0 saturated carbocycles. The lowest BCUT2D eigenvalue weighted by atomic mass is 9.97. The zero-order chi connectivity index (χ0) is 15.9. The van der Waals surface area contributed by atoms with Gasteiger partial charge in [0.25, 0.3) is 0 Å². The summed E-state index contributed by atoms with van der Waals surface area (Å²) in [6.07, 6.45) is 0.766. The maximum atomic E-state index is 12.4. The Labute approximate surface area is 144 Å². The molecule has 3 unspecified atom stereocenters. The van der Waals surface area contributed by atoms with Crippen molar-refractivity contribution < 1.29 is 4.79 Å². The monoisotopic (exact) mass is 332 g/mol. The molecule has 124 valence electrons. The third kappa shape index (κ3) is 5.70. The van der Waals surface area contributed by atoms with Crippen molar-refractivity contribution in [1.29, 1.82) is 0 Å². The van der Waals surface area contributed by atoms with E-state index in [0.717, 1.165) is 12.0 Å². The van der Waals surface area contributed by atoms with Crippen LogP contribution in [-0.4, -0.2) is 11.9 Å². The van der Waals surface area contributed by atoms with Crippen LogP contribution in [-0.2, 0) is 11.2 Å². The summed E-state index contributed by atoms with van der Waals surface area (Å²) >= 11 is 0. The zero-order valence-electron chi connectivity index (χ0n) is 13.6. The Balaban J connectivity index is 0.00000264. The molecule has 3 nitrogen and oxygen atoms in total. The predicted molar refractivity (Wildman–Crippen MR) is 97.5 cm³/mol. The highest BCUT2D eigenvalue weighted by atomic mass is 35.5. The number of benzene rings is 2. The van der Waals surface area contributed by atoms with Gasteiger partial charge in [-0.3, -0.25) is 4.79 Å². The Morgan fingerprint density at radius 2 is 1.52 bits per heavy atom. The summed E-state index contributed by atoms with van der Waals surface area (Å²) in [6.45, 7) is 3.73. The Bertz CT molecular complexity index is 587. The van der Waals surface area contributed by atoms with Gasteiger partial charge in [-0.15, -0.1) is 12.4 Å². The first-order valence-electron chi connectivity index (χ1n) is 7.72. The third-order valence-electron chi connectivity index (χ3n) is 4.00. The molecular weight excluding hydrogens is 308 g/mol. The van der Waals surface area contributed by atoms with E-state index in [1.54, 1.807) is 0 Å². The summed E-state index contributed by atoms with van der Waals surface area (Å²) in [7, 11) is 0. The molecule has 0 aromatic heterocycles. The van der Waals surface area contributed by atoms with Crippen LogP contribution in [0.1, 0.15) is 31.0 Å². The Kier molecular flexibility index (Phi) is 7.79. The minimum atomic E-state index is -0.206. The average molecular weight is 333 g/mol. The number of nitrogens with one attached hydrogen (secondary N) is 1. The molecule has 0 aliphatic heterocycles. The van der Waals surface area contributed by atoms with Crippen LogP contribution in [0, 0.1) is 5.92 Å². The van der Waals surface area contributed by atoms with Crippen molar-refractivity contribution >= 4 is 18.3 Å². The summed E-state index contributed by atoms with van der Waals surface area (Å²) < 4.78 is 0. The van der Waals surface area contributed by atoms with Gasteiger partial charge in [0.15, 0.2) is 0 Å². The molecule has 2 aromatic rings. The molecule has 0 saturated heterocycles. The Morgan fingerprint density at radius 1 is 1.00 bits per heavy atom. The molecule has 0 aliphatic rings. The molecule has 0 fully saturated rings. The third-order valence-corrected chi connectivity index (χ3v) is 4.00. The molecule has 2 aromatic carbocycles. The second-order valence-corrected chi connectivity index (χ2v) is 5.81. The smallest absolute Gasteiger partial charge is 0.224 e. The molecule has 4 heteroatoms. The molecule has 0 aliphatic carbocycles. The van der Waals surface area contributed by atoms with Crippen LogP contribution in [0.15, 0.2) is 60.7 Å². The number of amides is 1. The van der Waals surface area contributed by atoms with Gasteiger partial charge in [0, 0.05) is 12.0 Å². The van der Waals surface area contributed by atoms with E-state index in [-0.39, 0.29) is 36.3 Å². The van der Waals surface area contributed by atoms with Gasteiger partial charge in [0.1, 0.15) is 0 Å². The topological polar surface area (TPSA) is 55.1 Å². The maximum Gasteiger partial charge on any atom is 0.224 e. The number of carbonyl (C=O) groups excluding carboxylic acids is 1.